The van der Waals surface area contributed by atoms with Crippen molar-refractivity contribution in [2.75, 3.05) is 20.3 Å². The molecule has 5 nitrogen and oxygen atoms in total. The number of rotatable bonds is 7. The van der Waals surface area contributed by atoms with Crippen LogP contribution >= 0.6 is 0 Å². The molecule has 1 aromatic carbocycles. The fourth-order valence-corrected chi connectivity index (χ4v) is 3.02. The molecule has 0 unspecified atom stereocenters. The van der Waals surface area contributed by atoms with Crippen molar-refractivity contribution in [2.45, 2.75) is 58.5 Å². The Labute approximate surface area is 145 Å². The fourth-order valence-electron chi connectivity index (χ4n) is 3.02. The van der Waals surface area contributed by atoms with Gasteiger partial charge in [-0.3, -0.25) is 0 Å². The highest BCUT2D eigenvalue weighted by atomic mass is 16.5. The zero-order valence-electron chi connectivity index (χ0n) is 15.2. The highest BCUT2D eigenvalue weighted by Crippen LogP contribution is 2.28. The van der Waals surface area contributed by atoms with Crippen LogP contribution < -0.4 is 20.1 Å². The van der Waals surface area contributed by atoms with E-state index >= 15 is 0 Å². The van der Waals surface area contributed by atoms with Crippen LogP contribution in [-0.4, -0.2) is 32.3 Å². The van der Waals surface area contributed by atoms with Gasteiger partial charge in [-0.05, 0) is 44.4 Å². The minimum absolute atomic E-state index is 0.548. The third-order valence-corrected chi connectivity index (χ3v) is 4.24. The van der Waals surface area contributed by atoms with Crippen molar-refractivity contribution in [3.63, 3.8) is 0 Å². The number of methoxy groups -OCH3 is 1. The van der Waals surface area contributed by atoms with Crippen molar-refractivity contribution in [1.29, 1.82) is 0 Å². The van der Waals surface area contributed by atoms with Crippen molar-refractivity contribution in [1.82, 2.24) is 10.6 Å². The third-order valence-electron chi connectivity index (χ3n) is 4.24. The van der Waals surface area contributed by atoms with Gasteiger partial charge in [-0.15, -0.1) is 0 Å². The molecule has 0 heterocycles. The maximum atomic E-state index is 5.56. The average Bonchev–Trinajstić information content (AvgIpc) is 2.62. The maximum Gasteiger partial charge on any atom is 0.191 e. The average molecular weight is 333 g/mol. The van der Waals surface area contributed by atoms with Crippen LogP contribution in [0.4, 0.5) is 0 Å². The molecule has 1 aliphatic rings. The van der Waals surface area contributed by atoms with E-state index in [0.717, 1.165) is 29.6 Å². The number of nitrogens with zero attached hydrogens (tertiary/aromatic N) is 1. The number of benzene rings is 1. The van der Waals surface area contributed by atoms with Crippen LogP contribution in [0.25, 0.3) is 0 Å². The monoisotopic (exact) mass is 333 g/mol. The Bertz CT molecular complexity index is 525. The summed E-state index contributed by atoms with van der Waals surface area (Å²) in [6.07, 6.45) is 6.46. The quantitative estimate of drug-likeness (QED) is 0.592. The Morgan fingerprint density at radius 2 is 1.96 bits per heavy atom. The van der Waals surface area contributed by atoms with Gasteiger partial charge in [-0.2, -0.15) is 0 Å². The molecule has 1 saturated carbocycles. The molecule has 24 heavy (non-hydrogen) atoms. The number of guanidine groups is 1. The summed E-state index contributed by atoms with van der Waals surface area (Å²) in [4.78, 5) is 4.73. The highest BCUT2D eigenvalue weighted by molar-refractivity contribution is 5.80. The summed E-state index contributed by atoms with van der Waals surface area (Å²) in [7, 11) is 1.67. The van der Waals surface area contributed by atoms with Crippen molar-refractivity contribution >= 4 is 5.96 Å². The normalized spacial score (nSPS) is 15.9. The van der Waals surface area contributed by atoms with E-state index < -0.39 is 0 Å². The molecule has 134 valence electrons. The summed E-state index contributed by atoms with van der Waals surface area (Å²) in [5.41, 5.74) is 1.11. The second-order valence-corrected chi connectivity index (χ2v) is 6.09. The molecule has 0 bridgehead atoms. The molecule has 1 aromatic rings. The Balaban J connectivity index is 2.01. The van der Waals surface area contributed by atoms with Crippen LogP contribution in [0.1, 0.15) is 51.5 Å². The van der Waals surface area contributed by atoms with E-state index in [-0.39, 0.29) is 0 Å². The highest BCUT2D eigenvalue weighted by Gasteiger charge is 2.14. The predicted molar refractivity (Wildman–Crippen MR) is 99.0 cm³/mol. The Morgan fingerprint density at radius 1 is 1.17 bits per heavy atom. The van der Waals surface area contributed by atoms with Crippen LogP contribution in [-0.2, 0) is 6.54 Å². The molecule has 1 aliphatic carbocycles. The van der Waals surface area contributed by atoms with Gasteiger partial charge in [0.25, 0.3) is 0 Å². The Hall–Kier alpha value is -1.91. The zero-order valence-corrected chi connectivity index (χ0v) is 15.2. The lowest BCUT2D eigenvalue weighted by atomic mass is 9.96. The standard InChI is InChI=1S/C19H31N3O2/c1-4-20-19(22-16-9-7-6-8-10-16)21-14-15-11-12-17(24-5-2)18(13-15)23-3/h11-13,16H,4-10,14H2,1-3H3,(H2,20,21,22). The van der Waals surface area contributed by atoms with E-state index in [1.54, 1.807) is 7.11 Å². The van der Waals surface area contributed by atoms with Crippen molar-refractivity contribution in [3.8, 4) is 11.5 Å². The smallest absolute Gasteiger partial charge is 0.191 e. The van der Waals surface area contributed by atoms with Gasteiger partial charge in [0.1, 0.15) is 0 Å². The summed E-state index contributed by atoms with van der Waals surface area (Å²) < 4.78 is 11.0. The van der Waals surface area contributed by atoms with Crippen molar-refractivity contribution in [3.05, 3.63) is 23.8 Å². The molecule has 0 spiro atoms. The second-order valence-electron chi connectivity index (χ2n) is 6.09. The topological polar surface area (TPSA) is 54.9 Å². The van der Waals surface area contributed by atoms with Crippen molar-refractivity contribution in [2.24, 2.45) is 4.99 Å². The first kappa shape index (κ1) is 18.4. The lowest BCUT2D eigenvalue weighted by Gasteiger charge is -2.24. The van der Waals surface area contributed by atoms with Crippen LogP contribution in [0.5, 0.6) is 11.5 Å². The SMILES string of the molecule is CCNC(=NCc1ccc(OCC)c(OC)c1)NC1CCCCC1. The van der Waals surface area contributed by atoms with Gasteiger partial charge in [0.2, 0.25) is 0 Å². The van der Waals surface area contributed by atoms with Gasteiger partial charge < -0.3 is 20.1 Å². The Morgan fingerprint density at radius 3 is 2.62 bits per heavy atom. The van der Waals surface area contributed by atoms with Crippen LogP contribution in [0.15, 0.2) is 23.2 Å². The summed E-state index contributed by atoms with van der Waals surface area (Å²) in [6, 6.07) is 6.54. The number of ether oxygens (including phenoxy) is 2. The van der Waals surface area contributed by atoms with Gasteiger partial charge in [0.05, 0.1) is 20.3 Å². The fraction of sp³-hybridized carbons (Fsp3) is 0.632. The van der Waals surface area contributed by atoms with Crippen LogP contribution in [0, 0.1) is 0 Å². The molecule has 0 atom stereocenters. The van der Waals surface area contributed by atoms with E-state index in [0.29, 0.717) is 19.2 Å². The second kappa shape index (κ2) is 10.1. The van der Waals surface area contributed by atoms with Crippen LogP contribution in [0.3, 0.4) is 0 Å². The predicted octanol–water partition coefficient (Wildman–Crippen LogP) is 3.48. The van der Waals surface area contributed by atoms with Gasteiger partial charge in [0.15, 0.2) is 17.5 Å². The minimum Gasteiger partial charge on any atom is -0.493 e. The third kappa shape index (κ3) is 5.62. The summed E-state index contributed by atoms with van der Waals surface area (Å²) in [5.74, 6) is 2.44. The first-order chi connectivity index (χ1) is 11.8. The molecular weight excluding hydrogens is 302 g/mol. The molecule has 0 amide bonds. The number of hydrogen-bond acceptors (Lipinski definition) is 3. The van der Waals surface area contributed by atoms with Gasteiger partial charge >= 0.3 is 0 Å². The summed E-state index contributed by atoms with van der Waals surface area (Å²) >= 11 is 0. The lowest BCUT2D eigenvalue weighted by Crippen LogP contribution is -2.44. The first-order valence-electron chi connectivity index (χ1n) is 9.11. The lowest BCUT2D eigenvalue weighted by molar-refractivity contribution is 0.310. The van der Waals surface area contributed by atoms with E-state index in [2.05, 4.69) is 17.6 Å². The molecule has 2 N–H and O–H groups in total. The molecule has 0 saturated heterocycles. The molecular formula is C19H31N3O2. The number of nitrogens with one attached hydrogen (secondary N) is 2. The molecule has 5 heteroatoms. The van der Waals surface area contributed by atoms with Gasteiger partial charge in [0, 0.05) is 12.6 Å². The van der Waals surface area contributed by atoms with Gasteiger partial charge in [-0.25, -0.2) is 4.99 Å². The van der Waals surface area contributed by atoms with E-state index in [9.17, 15) is 0 Å². The Kier molecular flexibility index (Phi) is 7.72. The molecule has 0 aliphatic heterocycles. The van der Waals surface area contributed by atoms with E-state index in [4.69, 9.17) is 14.5 Å². The minimum atomic E-state index is 0.548. The van der Waals surface area contributed by atoms with E-state index in [1.165, 1.54) is 32.1 Å². The summed E-state index contributed by atoms with van der Waals surface area (Å²) in [5, 5.41) is 6.91. The number of aliphatic imine (C=N–C) groups is 1. The number of hydrogen-bond donors (Lipinski definition) is 2. The van der Waals surface area contributed by atoms with Crippen LogP contribution in [0.2, 0.25) is 0 Å². The van der Waals surface area contributed by atoms with Crippen molar-refractivity contribution < 1.29 is 9.47 Å². The molecule has 2 rings (SSSR count). The van der Waals surface area contributed by atoms with Gasteiger partial charge in [-0.1, -0.05) is 25.3 Å². The molecule has 1 fully saturated rings. The van der Waals surface area contributed by atoms with E-state index in [1.807, 2.05) is 25.1 Å². The molecule has 0 radical (unpaired) electrons. The first-order valence-corrected chi connectivity index (χ1v) is 9.11. The zero-order chi connectivity index (χ0) is 17.2. The summed E-state index contributed by atoms with van der Waals surface area (Å²) in [6.45, 7) is 6.18. The maximum absolute atomic E-state index is 5.56. The largest absolute Gasteiger partial charge is 0.493 e. The molecule has 0 aromatic heterocycles.